The van der Waals surface area contributed by atoms with Crippen LogP contribution in [-0.4, -0.2) is 40.5 Å². The molecule has 3 aromatic rings. The largest absolute Gasteiger partial charge is 0.493 e. The van der Waals surface area contributed by atoms with Gasteiger partial charge in [0, 0.05) is 5.39 Å². The Labute approximate surface area is 107 Å². The first-order valence-corrected chi connectivity index (χ1v) is 5.51. The molecular formula is C12H10N4O3. The van der Waals surface area contributed by atoms with Crippen LogP contribution in [0.5, 0.6) is 11.5 Å². The van der Waals surface area contributed by atoms with Crippen LogP contribution in [0.3, 0.4) is 0 Å². The normalized spacial score (nSPS) is 10.8. The van der Waals surface area contributed by atoms with Crippen LogP contribution >= 0.6 is 0 Å². The quantitative estimate of drug-likeness (QED) is 0.655. The summed E-state index contributed by atoms with van der Waals surface area (Å²) in [4.78, 5) is 11.1. The Hall–Kier alpha value is -2.70. The van der Waals surface area contributed by atoms with Crippen molar-refractivity contribution in [1.82, 2.24) is 20.0 Å². The van der Waals surface area contributed by atoms with Crippen molar-refractivity contribution in [2.45, 2.75) is 0 Å². The maximum absolute atomic E-state index is 11.1. The molecule has 0 fully saturated rings. The van der Waals surface area contributed by atoms with Crippen LogP contribution in [-0.2, 0) is 0 Å². The lowest BCUT2D eigenvalue weighted by Crippen LogP contribution is -2.00. The molecule has 0 amide bonds. The Morgan fingerprint density at radius 3 is 2.79 bits per heavy atom. The number of rotatable bonds is 3. The van der Waals surface area contributed by atoms with Crippen LogP contribution in [0.2, 0.25) is 0 Å². The molecule has 0 saturated heterocycles. The Kier molecular flexibility index (Phi) is 2.52. The molecule has 0 saturated carbocycles. The molecule has 7 nitrogen and oxygen atoms in total. The smallest absolute Gasteiger partial charge is 0.190 e. The number of pyridine rings is 1. The number of hydrogen-bond donors (Lipinski definition) is 0. The minimum absolute atomic E-state index is 0.383. The van der Waals surface area contributed by atoms with Crippen molar-refractivity contribution in [3.63, 3.8) is 0 Å². The molecule has 0 spiro atoms. The number of carbonyl (C=O) groups is 1. The highest BCUT2D eigenvalue weighted by atomic mass is 16.5. The summed E-state index contributed by atoms with van der Waals surface area (Å²) in [6, 6.07) is 5.31. The molecule has 2 aromatic heterocycles. The maximum Gasteiger partial charge on any atom is 0.190 e. The third-order valence-electron chi connectivity index (χ3n) is 2.93. The molecule has 0 aliphatic carbocycles. The fraction of sp³-hybridized carbons (Fsp3) is 0.167. The standard InChI is InChI=1S/C12H10N4O3/c1-18-9-4-3-7-5-8(6-17)12-13-14-15-16(12)10(7)11(9)19-2/h3-6H,1-2H3. The lowest BCUT2D eigenvalue weighted by molar-refractivity contribution is 0.112. The first-order valence-electron chi connectivity index (χ1n) is 5.51. The van der Waals surface area contributed by atoms with Crippen LogP contribution in [0.15, 0.2) is 18.2 Å². The van der Waals surface area contributed by atoms with Gasteiger partial charge in [0.25, 0.3) is 0 Å². The number of hydrogen-bond acceptors (Lipinski definition) is 6. The molecule has 0 radical (unpaired) electrons. The minimum atomic E-state index is 0.383. The molecule has 7 heteroatoms. The summed E-state index contributed by atoms with van der Waals surface area (Å²) in [6.07, 6.45) is 0.724. The summed E-state index contributed by atoms with van der Waals surface area (Å²) in [5.74, 6) is 1.10. The first kappa shape index (κ1) is 11.4. The second-order valence-corrected chi connectivity index (χ2v) is 3.87. The number of nitrogens with zero attached hydrogens (tertiary/aromatic N) is 4. The van der Waals surface area contributed by atoms with Crippen molar-refractivity contribution in [3.05, 3.63) is 23.8 Å². The Bertz CT molecular complexity index is 781. The lowest BCUT2D eigenvalue weighted by Gasteiger charge is -2.11. The number of aldehydes is 1. The van der Waals surface area contributed by atoms with E-state index in [1.54, 1.807) is 26.4 Å². The van der Waals surface area contributed by atoms with Gasteiger partial charge in [-0.05, 0) is 28.6 Å². The molecule has 0 aliphatic rings. The summed E-state index contributed by atoms with van der Waals surface area (Å²) < 4.78 is 12.1. The molecule has 0 atom stereocenters. The van der Waals surface area contributed by atoms with Gasteiger partial charge in [-0.25, -0.2) is 0 Å². The minimum Gasteiger partial charge on any atom is -0.493 e. The highest BCUT2D eigenvalue weighted by Crippen LogP contribution is 2.35. The number of fused-ring (bicyclic) bond motifs is 3. The molecule has 0 bridgehead atoms. The molecule has 96 valence electrons. The van der Waals surface area contributed by atoms with Crippen molar-refractivity contribution in [3.8, 4) is 11.5 Å². The number of ether oxygens (including phenoxy) is 2. The van der Waals surface area contributed by atoms with Gasteiger partial charge in [0.05, 0.1) is 19.8 Å². The van der Waals surface area contributed by atoms with Crippen molar-refractivity contribution in [1.29, 1.82) is 0 Å². The second kappa shape index (κ2) is 4.20. The average Bonchev–Trinajstić information content (AvgIpc) is 2.94. The van der Waals surface area contributed by atoms with Crippen LogP contribution in [0.1, 0.15) is 10.4 Å². The molecule has 0 unspecified atom stereocenters. The van der Waals surface area contributed by atoms with Gasteiger partial charge < -0.3 is 9.47 Å². The molecule has 2 heterocycles. The van der Waals surface area contributed by atoms with E-state index in [-0.39, 0.29) is 0 Å². The monoisotopic (exact) mass is 258 g/mol. The van der Waals surface area contributed by atoms with Gasteiger partial charge >= 0.3 is 0 Å². The maximum atomic E-state index is 11.1. The Morgan fingerprint density at radius 2 is 2.11 bits per heavy atom. The van der Waals surface area contributed by atoms with Gasteiger partial charge in [0.1, 0.15) is 5.52 Å². The van der Waals surface area contributed by atoms with Crippen LogP contribution in [0.25, 0.3) is 16.6 Å². The SMILES string of the molecule is COc1ccc2cc(C=O)c3nnnn3c2c1OC. The van der Waals surface area contributed by atoms with E-state index in [0.717, 1.165) is 11.7 Å². The first-order chi connectivity index (χ1) is 9.30. The average molecular weight is 258 g/mol. The van der Waals surface area contributed by atoms with Gasteiger partial charge in [0.2, 0.25) is 0 Å². The van der Waals surface area contributed by atoms with Gasteiger partial charge in [-0.2, -0.15) is 4.52 Å². The molecule has 19 heavy (non-hydrogen) atoms. The van der Waals surface area contributed by atoms with Crippen molar-refractivity contribution in [2.24, 2.45) is 0 Å². The predicted octanol–water partition coefficient (Wildman–Crippen LogP) is 1.11. The van der Waals surface area contributed by atoms with Crippen molar-refractivity contribution < 1.29 is 14.3 Å². The summed E-state index contributed by atoms with van der Waals surface area (Å²) in [5, 5.41) is 12.1. The third kappa shape index (κ3) is 1.51. The highest BCUT2D eigenvalue weighted by Gasteiger charge is 2.16. The second-order valence-electron chi connectivity index (χ2n) is 3.87. The third-order valence-corrected chi connectivity index (χ3v) is 2.93. The molecule has 0 N–H and O–H groups in total. The fourth-order valence-electron chi connectivity index (χ4n) is 2.10. The van der Waals surface area contributed by atoms with Crippen LogP contribution in [0.4, 0.5) is 0 Å². The summed E-state index contributed by atoms with van der Waals surface area (Å²) in [6.45, 7) is 0. The summed E-state index contributed by atoms with van der Waals surface area (Å²) >= 11 is 0. The number of carbonyl (C=O) groups excluding carboxylic acids is 1. The van der Waals surface area contributed by atoms with E-state index in [1.807, 2.05) is 6.07 Å². The summed E-state index contributed by atoms with van der Waals surface area (Å²) in [7, 11) is 3.10. The van der Waals surface area contributed by atoms with E-state index >= 15 is 0 Å². The van der Waals surface area contributed by atoms with E-state index in [1.165, 1.54) is 4.52 Å². The van der Waals surface area contributed by atoms with Gasteiger partial charge in [-0.3, -0.25) is 4.79 Å². The van der Waals surface area contributed by atoms with Gasteiger partial charge in [0.15, 0.2) is 23.4 Å². The number of methoxy groups -OCH3 is 2. The van der Waals surface area contributed by atoms with E-state index < -0.39 is 0 Å². The van der Waals surface area contributed by atoms with Crippen LogP contribution < -0.4 is 9.47 Å². The van der Waals surface area contributed by atoms with E-state index in [9.17, 15) is 4.79 Å². The fourth-order valence-corrected chi connectivity index (χ4v) is 2.10. The number of tetrazole rings is 1. The van der Waals surface area contributed by atoms with E-state index in [4.69, 9.17) is 9.47 Å². The van der Waals surface area contributed by atoms with Gasteiger partial charge in [-0.1, -0.05) is 0 Å². The lowest BCUT2D eigenvalue weighted by atomic mass is 10.1. The number of benzene rings is 1. The Morgan fingerprint density at radius 1 is 1.26 bits per heavy atom. The molecule has 3 rings (SSSR count). The zero-order valence-corrected chi connectivity index (χ0v) is 10.3. The number of aromatic nitrogens is 4. The predicted molar refractivity (Wildman–Crippen MR) is 66.8 cm³/mol. The topological polar surface area (TPSA) is 78.6 Å². The molecule has 1 aromatic carbocycles. The molecular weight excluding hydrogens is 248 g/mol. The summed E-state index contributed by atoms with van der Waals surface area (Å²) in [5.41, 5.74) is 1.46. The highest BCUT2D eigenvalue weighted by molar-refractivity contribution is 5.96. The van der Waals surface area contributed by atoms with Crippen molar-refractivity contribution >= 4 is 22.8 Å². The molecule has 0 aliphatic heterocycles. The zero-order valence-electron chi connectivity index (χ0n) is 10.3. The van der Waals surface area contributed by atoms with Crippen LogP contribution in [0, 0.1) is 0 Å². The Balaban J connectivity index is 2.55. The zero-order chi connectivity index (χ0) is 13.4. The van der Waals surface area contributed by atoms with Gasteiger partial charge in [-0.15, -0.1) is 5.10 Å². The van der Waals surface area contributed by atoms with E-state index in [0.29, 0.717) is 28.2 Å². The van der Waals surface area contributed by atoms with Crippen molar-refractivity contribution in [2.75, 3.05) is 14.2 Å². The van der Waals surface area contributed by atoms with E-state index in [2.05, 4.69) is 15.5 Å².